The van der Waals surface area contributed by atoms with Gasteiger partial charge in [-0.25, -0.2) is 0 Å². The van der Waals surface area contributed by atoms with Crippen molar-refractivity contribution in [3.8, 4) is 0 Å². The Balaban J connectivity index is 1.88. The first-order valence-electron chi connectivity index (χ1n) is 8.33. The van der Waals surface area contributed by atoms with E-state index in [-0.39, 0.29) is 11.5 Å². The van der Waals surface area contributed by atoms with Gasteiger partial charge in [0.1, 0.15) is 0 Å². The summed E-state index contributed by atoms with van der Waals surface area (Å²) >= 11 is 0. The minimum Gasteiger partial charge on any atom is -0.357 e. The number of benzene rings is 1. The maximum absolute atomic E-state index is 12.5. The van der Waals surface area contributed by atoms with Crippen LogP contribution in [0.5, 0.6) is 0 Å². The summed E-state index contributed by atoms with van der Waals surface area (Å²) in [5.41, 5.74) is 5.19. The van der Waals surface area contributed by atoms with Gasteiger partial charge < -0.3 is 10.3 Å². The third-order valence-electron chi connectivity index (χ3n) is 4.53. The summed E-state index contributed by atoms with van der Waals surface area (Å²) in [6.07, 6.45) is 4.87. The summed E-state index contributed by atoms with van der Waals surface area (Å²) in [5.74, 6) is 0. The van der Waals surface area contributed by atoms with E-state index in [1.54, 1.807) is 6.07 Å². The second-order valence-electron chi connectivity index (χ2n) is 6.40. The van der Waals surface area contributed by atoms with Gasteiger partial charge in [-0.2, -0.15) is 5.10 Å². The Morgan fingerprint density at radius 1 is 1.29 bits per heavy atom. The fraction of sp³-hybridized carbons (Fsp3) is 0.368. The van der Waals surface area contributed by atoms with Crippen LogP contribution >= 0.6 is 0 Å². The first-order valence-corrected chi connectivity index (χ1v) is 8.33. The lowest BCUT2D eigenvalue weighted by molar-refractivity contribution is 0.514. The number of hydrogen-bond acceptors (Lipinski definition) is 3. The minimum absolute atomic E-state index is 0.0798. The molecule has 1 atom stereocenters. The molecule has 126 valence electrons. The van der Waals surface area contributed by atoms with E-state index in [0.717, 1.165) is 39.7 Å². The van der Waals surface area contributed by atoms with Crippen molar-refractivity contribution in [1.29, 1.82) is 0 Å². The van der Waals surface area contributed by atoms with Gasteiger partial charge in [-0.05, 0) is 31.4 Å². The van der Waals surface area contributed by atoms with Crippen molar-refractivity contribution in [3.63, 3.8) is 0 Å². The van der Waals surface area contributed by atoms with Gasteiger partial charge in [-0.3, -0.25) is 9.48 Å². The molecule has 1 unspecified atom stereocenters. The van der Waals surface area contributed by atoms with Gasteiger partial charge in [0.25, 0.3) is 0 Å². The van der Waals surface area contributed by atoms with Crippen LogP contribution in [0.2, 0.25) is 0 Å². The molecular weight excluding hydrogens is 300 g/mol. The molecule has 0 aliphatic carbocycles. The molecule has 5 nitrogen and oxygen atoms in total. The SMILES string of the molecule is CCC(NCc1cc(=O)c2c(C)ccc(C)c2[nH]1)c1cnn(C)c1. The van der Waals surface area contributed by atoms with Crippen LogP contribution in [-0.2, 0) is 13.6 Å². The predicted molar refractivity (Wildman–Crippen MR) is 97.1 cm³/mol. The summed E-state index contributed by atoms with van der Waals surface area (Å²) in [6.45, 7) is 6.76. The third kappa shape index (κ3) is 3.12. The highest BCUT2D eigenvalue weighted by molar-refractivity contribution is 5.84. The van der Waals surface area contributed by atoms with Crippen molar-refractivity contribution in [2.24, 2.45) is 7.05 Å². The van der Waals surface area contributed by atoms with Crippen molar-refractivity contribution in [1.82, 2.24) is 20.1 Å². The van der Waals surface area contributed by atoms with Crippen LogP contribution in [0.1, 0.15) is 41.8 Å². The van der Waals surface area contributed by atoms with Crippen molar-refractivity contribution in [2.75, 3.05) is 0 Å². The van der Waals surface area contributed by atoms with Crippen molar-refractivity contribution in [3.05, 3.63) is 63.2 Å². The van der Waals surface area contributed by atoms with Crippen molar-refractivity contribution in [2.45, 2.75) is 39.8 Å². The first-order chi connectivity index (χ1) is 11.5. The van der Waals surface area contributed by atoms with Crippen LogP contribution < -0.4 is 10.7 Å². The summed E-state index contributed by atoms with van der Waals surface area (Å²) in [6, 6.07) is 5.98. The van der Waals surface area contributed by atoms with E-state index in [0.29, 0.717) is 6.54 Å². The molecule has 0 bridgehead atoms. The highest BCUT2D eigenvalue weighted by Crippen LogP contribution is 2.19. The zero-order chi connectivity index (χ0) is 17.3. The van der Waals surface area contributed by atoms with Gasteiger partial charge in [-0.1, -0.05) is 19.1 Å². The van der Waals surface area contributed by atoms with Crippen LogP contribution in [0, 0.1) is 13.8 Å². The molecule has 2 N–H and O–H groups in total. The maximum atomic E-state index is 12.5. The standard InChI is InChI=1S/C19H24N4O/c1-5-16(14-9-21-23(4)11-14)20-10-15-8-17(24)18-12(2)6-7-13(3)19(18)22-15/h6-9,11,16,20H,5,10H2,1-4H3,(H,22,24). The van der Waals surface area contributed by atoms with E-state index >= 15 is 0 Å². The summed E-state index contributed by atoms with van der Waals surface area (Å²) in [4.78, 5) is 15.9. The molecule has 1 aromatic carbocycles. The lowest BCUT2D eigenvalue weighted by Gasteiger charge is -2.16. The molecule has 3 rings (SSSR count). The van der Waals surface area contributed by atoms with E-state index in [4.69, 9.17) is 0 Å². The number of H-pyrrole nitrogens is 1. The average molecular weight is 324 g/mol. The van der Waals surface area contributed by atoms with Gasteiger partial charge in [0.15, 0.2) is 5.43 Å². The first kappa shape index (κ1) is 16.5. The molecule has 0 saturated carbocycles. The van der Waals surface area contributed by atoms with Crippen LogP contribution in [0.4, 0.5) is 0 Å². The van der Waals surface area contributed by atoms with E-state index in [2.05, 4.69) is 28.4 Å². The second-order valence-corrected chi connectivity index (χ2v) is 6.40. The van der Waals surface area contributed by atoms with Gasteiger partial charge in [0.2, 0.25) is 0 Å². The minimum atomic E-state index is 0.0798. The number of aromatic amines is 1. The smallest absolute Gasteiger partial charge is 0.189 e. The number of aromatic nitrogens is 3. The zero-order valence-corrected chi connectivity index (χ0v) is 14.7. The number of hydrogen-bond donors (Lipinski definition) is 2. The normalized spacial score (nSPS) is 12.7. The number of rotatable bonds is 5. The summed E-state index contributed by atoms with van der Waals surface area (Å²) in [5, 5.41) is 8.54. The van der Waals surface area contributed by atoms with E-state index in [1.165, 1.54) is 0 Å². The molecule has 0 amide bonds. The Morgan fingerprint density at radius 2 is 2.04 bits per heavy atom. The van der Waals surface area contributed by atoms with Crippen LogP contribution in [-0.4, -0.2) is 14.8 Å². The number of fused-ring (bicyclic) bond motifs is 1. The Morgan fingerprint density at radius 3 is 2.71 bits per heavy atom. The Labute approximate surface area is 141 Å². The summed E-state index contributed by atoms with van der Waals surface area (Å²) in [7, 11) is 1.92. The molecule has 2 heterocycles. The van der Waals surface area contributed by atoms with Crippen molar-refractivity contribution >= 4 is 10.9 Å². The largest absolute Gasteiger partial charge is 0.357 e. The van der Waals surface area contributed by atoms with E-state index < -0.39 is 0 Å². The van der Waals surface area contributed by atoms with Gasteiger partial charge in [0.05, 0.1) is 11.7 Å². The zero-order valence-electron chi connectivity index (χ0n) is 14.7. The molecular formula is C19H24N4O. The molecule has 0 spiro atoms. The number of nitrogens with zero attached hydrogens (tertiary/aromatic N) is 2. The number of aryl methyl sites for hydroxylation is 3. The molecule has 0 aliphatic heterocycles. The Bertz CT molecular complexity index is 923. The fourth-order valence-corrected chi connectivity index (χ4v) is 3.16. The van der Waals surface area contributed by atoms with Crippen LogP contribution in [0.25, 0.3) is 10.9 Å². The third-order valence-corrected chi connectivity index (χ3v) is 4.53. The Kier molecular flexibility index (Phi) is 4.53. The van der Waals surface area contributed by atoms with Crippen LogP contribution in [0.3, 0.4) is 0 Å². The van der Waals surface area contributed by atoms with Gasteiger partial charge in [-0.15, -0.1) is 0 Å². The van der Waals surface area contributed by atoms with E-state index in [1.807, 2.05) is 44.0 Å². The van der Waals surface area contributed by atoms with Gasteiger partial charge in [0, 0.05) is 48.5 Å². The molecule has 0 radical (unpaired) electrons. The monoisotopic (exact) mass is 324 g/mol. The molecule has 5 heteroatoms. The lowest BCUT2D eigenvalue weighted by atomic mass is 10.0. The molecule has 3 aromatic rings. The number of pyridine rings is 1. The van der Waals surface area contributed by atoms with Gasteiger partial charge >= 0.3 is 0 Å². The average Bonchev–Trinajstić information content (AvgIpc) is 2.98. The highest BCUT2D eigenvalue weighted by atomic mass is 16.1. The molecule has 0 fully saturated rings. The lowest BCUT2D eigenvalue weighted by Crippen LogP contribution is -2.21. The molecule has 0 aliphatic rings. The molecule has 0 saturated heterocycles. The number of nitrogens with one attached hydrogen (secondary N) is 2. The quantitative estimate of drug-likeness (QED) is 0.758. The van der Waals surface area contributed by atoms with Crippen molar-refractivity contribution < 1.29 is 0 Å². The van der Waals surface area contributed by atoms with Crippen LogP contribution in [0.15, 0.2) is 35.4 Å². The predicted octanol–water partition coefficient (Wildman–Crippen LogP) is 3.12. The topological polar surface area (TPSA) is 62.7 Å². The summed E-state index contributed by atoms with van der Waals surface area (Å²) < 4.78 is 1.81. The van der Waals surface area contributed by atoms with E-state index in [9.17, 15) is 4.79 Å². The fourth-order valence-electron chi connectivity index (χ4n) is 3.16. The highest BCUT2D eigenvalue weighted by Gasteiger charge is 2.12. The Hall–Kier alpha value is -2.40. The second kappa shape index (κ2) is 6.61. The maximum Gasteiger partial charge on any atom is 0.189 e. The molecule has 24 heavy (non-hydrogen) atoms. The molecule has 2 aromatic heterocycles.